The molecule has 0 fully saturated rings. The molecule has 1 aliphatic rings. The van der Waals surface area contributed by atoms with Crippen molar-refractivity contribution in [1.82, 2.24) is 5.32 Å². The van der Waals surface area contributed by atoms with E-state index in [-0.39, 0.29) is 25.0 Å². The maximum Gasteiger partial charge on any atom is 0.409 e. The van der Waals surface area contributed by atoms with Gasteiger partial charge in [0.2, 0.25) is 0 Å². The number of alkyl carbamates (subject to hydrolysis) is 1. The second kappa shape index (κ2) is 10.4. The molecule has 0 unspecified atom stereocenters. The molecule has 1 N–H and O–H groups in total. The van der Waals surface area contributed by atoms with Gasteiger partial charge in [-0.2, -0.15) is 0 Å². The molecule has 0 aromatic heterocycles. The van der Waals surface area contributed by atoms with Crippen LogP contribution in [0.3, 0.4) is 0 Å². The fraction of sp³-hybridized carbons (Fsp3) is 0.167. The lowest BCUT2D eigenvalue weighted by Crippen LogP contribution is -2.29. The summed E-state index contributed by atoms with van der Waals surface area (Å²) in [6.07, 6.45) is 0.0872. The summed E-state index contributed by atoms with van der Waals surface area (Å²) in [5.41, 5.74) is 6.68. The predicted octanol–water partition coefficient (Wildman–Crippen LogP) is 6.30. The third kappa shape index (κ3) is 4.98. The summed E-state index contributed by atoms with van der Waals surface area (Å²) in [5, 5.41) is 14.0. The number of rotatable bonds is 8. The van der Waals surface area contributed by atoms with Crippen molar-refractivity contribution in [3.63, 3.8) is 0 Å². The van der Waals surface area contributed by atoms with Crippen LogP contribution in [0, 0.1) is 0 Å². The maximum absolute atomic E-state index is 12.4. The average Bonchev–Trinajstić information content (AvgIpc) is 3.23. The minimum Gasteiger partial charge on any atom is -0.496 e. The zero-order valence-electron chi connectivity index (χ0n) is 19.9. The number of hydrogen-bond donors (Lipinski definition) is 1. The molecule has 1 aliphatic carbocycles. The highest BCUT2D eigenvalue weighted by Crippen LogP contribution is 2.44. The quantitative estimate of drug-likeness (QED) is 0.300. The Morgan fingerprint density at radius 2 is 1.53 bits per heavy atom. The van der Waals surface area contributed by atoms with Gasteiger partial charge in [-0.25, -0.2) is 4.79 Å². The number of fused-ring (bicyclic) bond motifs is 3. The third-order valence-corrected chi connectivity index (χ3v) is 6.38. The Bertz CT molecular complexity index is 1320. The molecule has 36 heavy (non-hydrogen) atoms. The van der Waals surface area contributed by atoms with E-state index in [0.717, 1.165) is 11.1 Å². The van der Waals surface area contributed by atoms with Gasteiger partial charge in [-0.3, -0.25) is 10.4 Å². The molecule has 4 aromatic rings. The number of carbonyl (C=O) groups excluding carboxylic acids is 1. The Labute approximate surface area is 210 Å². The van der Waals surface area contributed by atoms with E-state index in [9.17, 15) is 9.90 Å². The van der Waals surface area contributed by atoms with E-state index in [1.54, 1.807) is 25.3 Å². The topological polar surface area (TPSA) is 76.7 Å². The normalized spacial score (nSPS) is 11.9. The lowest BCUT2D eigenvalue weighted by Gasteiger charge is -2.15. The molecule has 4 aromatic carbocycles. The number of methoxy groups -OCH3 is 1. The molecule has 181 valence electrons. The van der Waals surface area contributed by atoms with Crippen LogP contribution in [-0.4, -0.2) is 26.5 Å². The molecule has 5 rings (SSSR count). The van der Waals surface area contributed by atoms with Crippen molar-refractivity contribution in [1.29, 1.82) is 0 Å². The van der Waals surface area contributed by atoms with E-state index in [4.69, 9.17) is 14.2 Å². The Kier molecular flexibility index (Phi) is 6.76. The van der Waals surface area contributed by atoms with Crippen LogP contribution in [0.5, 0.6) is 17.2 Å². The molecule has 0 atom stereocenters. The molecular weight excluding hydrogens is 454 g/mol. The summed E-state index contributed by atoms with van der Waals surface area (Å²) < 4.78 is 16.7. The highest BCUT2D eigenvalue weighted by atomic mass is 16.6. The predicted molar refractivity (Wildman–Crippen MR) is 136 cm³/mol. The summed E-state index contributed by atoms with van der Waals surface area (Å²) in [7, 11) is 1.60. The zero-order chi connectivity index (χ0) is 24.9. The Morgan fingerprint density at radius 1 is 0.861 bits per heavy atom. The summed E-state index contributed by atoms with van der Waals surface area (Å²) in [6.45, 7) is 0.208. The number of hydrogen-bond acceptors (Lipinski definition) is 4. The number of carbonyl (C=O) groups is 1. The minimum absolute atomic E-state index is 0.00529. The van der Waals surface area contributed by atoms with Gasteiger partial charge in [0.05, 0.1) is 7.11 Å². The van der Waals surface area contributed by atoms with Crippen molar-refractivity contribution >= 4 is 6.09 Å². The first-order valence-corrected chi connectivity index (χ1v) is 11.8. The van der Waals surface area contributed by atoms with Gasteiger partial charge < -0.3 is 14.2 Å². The van der Waals surface area contributed by atoms with Gasteiger partial charge in [-0.05, 0) is 51.6 Å². The Balaban J connectivity index is 1.14. The third-order valence-electron chi connectivity index (χ3n) is 6.38. The molecule has 1 radical (unpaired) electrons. The lowest BCUT2D eigenvalue weighted by atomic mass is 9.98. The molecule has 0 heterocycles. The van der Waals surface area contributed by atoms with E-state index in [1.165, 1.54) is 22.3 Å². The van der Waals surface area contributed by atoms with Crippen LogP contribution in [0.15, 0.2) is 91.0 Å². The van der Waals surface area contributed by atoms with Gasteiger partial charge in [0.25, 0.3) is 0 Å². The maximum atomic E-state index is 12.4. The largest absolute Gasteiger partial charge is 0.496 e. The molecule has 0 spiro atoms. The first-order chi connectivity index (χ1) is 17.6. The van der Waals surface area contributed by atoms with E-state index in [0.29, 0.717) is 17.9 Å². The van der Waals surface area contributed by atoms with Gasteiger partial charge in [0.1, 0.15) is 18.1 Å². The van der Waals surface area contributed by atoms with Crippen molar-refractivity contribution in [2.75, 3.05) is 20.4 Å². The highest BCUT2D eigenvalue weighted by molar-refractivity contribution is 5.79. The van der Waals surface area contributed by atoms with Gasteiger partial charge >= 0.3 is 6.09 Å². The van der Waals surface area contributed by atoms with Crippen LogP contribution in [-0.2, 0) is 16.3 Å². The van der Waals surface area contributed by atoms with Crippen molar-refractivity contribution in [3.8, 4) is 28.4 Å². The summed E-state index contributed by atoms with van der Waals surface area (Å²) >= 11 is 0. The van der Waals surface area contributed by atoms with Crippen LogP contribution in [0.2, 0.25) is 0 Å². The molecule has 0 aliphatic heterocycles. The van der Waals surface area contributed by atoms with Gasteiger partial charge in [-0.1, -0.05) is 66.7 Å². The van der Waals surface area contributed by atoms with E-state index < -0.39 is 6.09 Å². The van der Waals surface area contributed by atoms with E-state index in [1.807, 2.05) is 48.5 Å². The standard InChI is InChI=1S/C30H26NO5/c1-34-29-17-23(15-12-21(29)16-20-10-13-22(32)14-11-20)36-19-31-30(33)35-18-28-26-8-4-2-6-24(26)25-7-3-5-9-27(25)28/h2-15,17,28H,16,18-19H2,1H3,(H,31,33). The second-order valence-corrected chi connectivity index (χ2v) is 8.59. The Morgan fingerprint density at radius 3 is 2.19 bits per heavy atom. The van der Waals surface area contributed by atoms with Crippen molar-refractivity contribution in [2.24, 2.45) is 0 Å². The lowest BCUT2D eigenvalue weighted by molar-refractivity contribution is 0.133. The fourth-order valence-electron chi connectivity index (χ4n) is 4.62. The van der Waals surface area contributed by atoms with Crippen LogP contribution < -0.4 is 14.8 Å². The van der Waals surface area contributed by atoms with Crippen molar-refractivity contribution in [3.05, 3.63) is 113 Å². The minimum atomic E-state index is -0.540. The van der Waals surface area contributed by atoms with Crippen LogP contribution >= 0.6 is 0 Å². The molecule has 0 saturated carbocycles. The molecular formula is C30H26NO5. The SMILES string of the molecule is COc1cc(OCNC(=O)OCC2c3ccccc3-c3ccccc32)ccc1Cc1ccc([O])cc1. The first kappa shape index (κ1) is 23.3. The highest BCUT2D eigenvalue weighted by Gasteiger charge is 2.28. The average molecular weight is 481 g/mol. The molecule has 0 bridgehead atoms. The van der Waals surface area contributed by atoms with Gasteiger partial charge in [0.15, 0.2) is 12.5 Å². The van der Waals surface area contributed by atoms with Crippen LogP contribution in [0.25, 0.3) is 11.1 Å². The fourth-order valence-corrected chi connectivity index (χ4v) is 4.62. The second-order valence-electron chi connectivity index (χ2n) is 8.59. The number of ether oxygens (including phenoxy) is 3. The van der Waals surface area contributed by atoms with E-state index in [2.05, 4.69) is 29.6 Å². The summed E-state index contributed by atoms with van der Waals surface area (Å²) in [5.74, 6) is 1.22. The van der Waals surface area contributed by atoms with Gasteiger partial charge in [0, 0.05) is 18.4 Å². The summed E-state index contributed by atoms with van der Waals surface area (Å²) in [6, 6.07) is 28.7. The zero-order valence-corrected chi connectivity index (χ0v) is 19.9. The van der Waals surface area contributed by atoms with Crippen molar-refractivity contribution in [2.45, 2.75) is 12.3 Å². The number of amides is 1. The smallest absolute Gasteiger partial charge is 0.409 e. The summed E-state index contributed by atoms with van der Waals surface area (Å²) in [4.78, 5) is 12.4. The molecule has 6 heteroatoms. The monoisotopic (exact) mass is 480 g/mol. The van der Waals surface area contributed by atoms with Gasteiger partial charge in [-0.15, -0.1) is 0 Å². The van der Waals surface area contributed by atoms with Crippen LogP contribution in [0.1, 0.15) is 28.2 Å². The van der Waals surface area contributed by atoms with Crippen LogP contribution in [0.4, 0.5) is 4.79 Å². The Hall–Kier alpha value is -4.45. The number of nitrogens with one attached hydrogen (secondary N) is 1. The number of benzene rings is 4. The van der Waals surface area contributed by atoms with Crippen molar-refractivity contribution < 1.29 is 24.1 Å². The molecule has 1 amide bonds. The van der Waals surface area contributed by atoms with E-state index >= 15 is 0 Å². The molecule has 6 nitrogen and oxygen atoms in total. The first-order valence-electron chi connectivity index (χ1n) is 11.8. The molecule has 0 saturated heterocycles.